The highest BCUT2D eigenvalue weighted by molar-refractivity contribution is 5.82. The summed E-state index contributed by atoms with van der Waals surface area (Å²) in [5.74, 6) is 0.770. The first-order valence-electron chi connectivity index (χ1n) is 6.56. The molecular formula is C15H21NO2. The molecular weight excluding hydrogens is 226 g/mol. The van der Waals surface area contributed by atoms with Crippen LogP contribution in [0.3, 0.4) is 0 Å². The van der Waals surface area contributed by atoms with Crippen molar-refractivity contribution < 1.29 is 9.53 Å². The molecule has 18 heavy (non-hydrogen) atoms. The fourth-order valence-corrected chi connectivity index (χ4v) is 2.44. The third-order valence-corrected chi connectivity index (χ3v) is 3.69. The van der Waals surface area contributed by atoms with Gasteiger partial charge in [-0.1, -0.05) is 25.1 Å². The summed E-state index contributed by atoms with van der Waals surface area (Å²) >= 11 is 0. The Balaban J connectivity index is 1.93. The van der Waals surface area contributed by atoms with Gasteiger partial charge in [-0.2, -0.15) is 0 Å². The maximum atomic E-state index is 12.1. The SMILES string of the molecule is COCCC(C)C(=O)CC1CNc2ccccc21. The zero-order valence-corrected chi connectivity index (χ0v) is 11.1. The molecule has 1 aliphatic heterocycles. The van der Waals surface area contributed by atoms with Crippen molar-refractivity contribution >= 4 is 11.5 Å². The second-order valence-electron chi connectivity index (χ2n) is 5.02. The number of hydrogen-bond acceptors (Lipinski definition) is 3. The number of ketones is 1. The van der Waals surface area contributed by atoms with Gasteiger partial charge in [0, 0.05) is 44.2 Å². The van der Waals surface area contributed by atoms with Gasteiger partial charge >= 0.3 is 0 Å². The average Bonchev–Trinajstić information content (AvgIpc) is 2.79. The Morgan fingerprint density at radius 2 is 2.28 bits per heavy atom. The summed E-state index contributed by atoms with van der Waals surface area (Å²) in [4.78, 5) is 12.1. The van der Waals surface area contributed by atoms with Crippen LogP contribution in [0.1, 0.15) is 31.2 Å². The molecule has 0 radical (unpaired) electrons. The lowest BCUT2D eigenvalue weighted by Gasteiger charge is -2.13. The second kappa shape index (κ2) is 6.01. The molecule has 0 aromatic heterocycles. The molecule has 0 spiro atoms. The van der Waals surface area contributed by atoms with Gasteiger partial charge in [-0.15, -0.1) is 0 Å². The van der Waals surface area contributed by atoms with Crippen LogP contribution < -0.4 is 5.32 Å². The van der Waals surface area contributed by atoms with E-state index in [1.54, 1.807) is 7.11 Å². The Morgan fingerprint density at radius 1 is 1.50 bits per heavy atom. The largest absolute Gasteiger partial charge is 0.385 e. The van der Waals surface area contributed by atoms with E-state index in [2.05, 4.69) is 17.4 Å². The molecule has 1 aliphatic rings. The standard InChI is InChI=1S/C15H21NO2/c1-11(7-8-18-2)15(17)9-12-10-16-14-6-4-3-5-13(12)14/h3-6,11-12,16H,7-10H2,1-2H3. The second-order valence-corrected chi connectivity index (χ2v) is 5.02. The number of carbonyl (C=O) groups is 1. The van der Waals surface area contributed by atoms with Crippen LogP contribution >= 0.6 is 0 Å². The van der Waals surface area contributed by atoms with Crippen LogP contribution in [0, 0.1) is 5.92 Å². The van der Waals surface area contributed by atoms with Crippen molar-refractivity contribution in [1.29, 1.82) is 0 Å². The summed E-state index contributed by atoms with van der Waals surface area (Å²) in [5, 5.41) is 3.36. The smallest absolute Gasteiger partial charge is 0.136 e. The number of benzene rings is 1. The van der Waals surface area contributed by atoms with Crippen molar-refractivity contribution in [1.82, 2.24) is 0 Å². The van der Waals surface area contributed by atoms with Gasteiger partial charge in [0.15, 0.2) is 0 Å². The van der Waals surface area contributed by atoms with Gasteiger partial charge in [0.2, 0.25) is 0 Å². The number of fused-ring (bicyclic) bond motifs is 1. The van der Waals surface area contributed by atoms with Crippen LogP contribution in [-0.2, 0) is 9.53 Å². The third-order valence-electron chi connectivity index (χ3n) is 3.69. The minimum absolute atomic E-state index is 0.0951. The quantitative estimate of drug-likeness (QED) is 0.840. The third kappa shape index (κ3) is 2.91. The Bertz CT molecular complexity index is 417. The molecule has 0 saturated heterocycles. The number of methoxy groups -OCH3 is 1. The van der Waals surface area contributed by atoms with Crippen molar-refractivity contribution in [3.8, 4) is 0 Å². The van der Waals surface area contributed by atoms with Gasteiger partial charge in [-0.05, 0) is 18.1 Å². The molecule has 1 aromatic rings. The van der Waals surface area contributed by atoms with E-state index < -0.39 is 0 Å². The molecule has 0 amide bonds. The monoisotopic (exact) mass is 247 g/mol. The minimum Gasteiger partial charge on any atom is -0.385 e. The highest BCUT2D eigenvalue weighted by atomic mass is 16.5. The molecule has 2 atom stereocenters. The molecule has 0 bridgehead atoms. The van der Waals surface area contributed by atoms with E-state index in [1.807, 2.05) is 19.1 Å². The Kier molecular flexibility index (Phi) is 4.37. The van der Waals surface area contributed by atoms with Crippen LogP contribution in [0.2, 0.25) is 0 Å². The van der Waals surface area contributed by atoms with E-state index >= 15 is 0 Å². The zero-order valence-electron chi connectivity index (χ0n) is 11.1. The van der Waals surface area contributed by atoms with Gasteiger partial charge in [0.1, 0.15) is 5.78 Å². The average molecular weight is 247 g/mol. The van der Waals surface area contributed by atoms with Crippen molar-refractivity contribution in [2.45, 2.75) is 25.7 Å². The molecule has 0 fully saturated rings. The van der Waals surface area contributed by atoms with E-state index in [1.165, 1.54) is 11.3 Å². The Labute approximate surface area is 109 Å². The van der Waals surface area contributed by atoms with E-state index in [9.17, 15) is 4.79 Å². The summed E-state index contributed by atoms with van der Waals surface area (Å²) in [6, 6.07) is 8.26. The first-order valence-corrected chi connectivity index (χ1v) is 6.56. The maximum absolute atomic E-state index is 12.1. The summed E-state index contributed by atoms with van der Waals surface area (Å²) in [7, 11) is 1.67. The summed E-state index contributed by atoms with van der Waals surface area (Å²) < 4.78 is 5.02. The molecule has 1 aromatic carbocycles. The van der Waals surface area contributed by atoms with Crippen molar-refractivity contribution in [3.63, 3.8) is 0 Å². The van der Waals surface area contributed by atoms with Gasteiger partial charge in [0.05, 0.1) is 0 Å². The van der Waals surface area contributed by atoms with E-state index in [-0.39, 0.29) is 5.92 Å². The number of ether oxygens (including phenoxy) is 1. The molecule has 2 rings (SSSR count). The maximum Gasteiger partial charge on any atom is 0.136 e. The van der Waals surface area contributed by atoms with Gasteiger partial charge in [0.25, 0.3) is 0 Å². The van der Waals surface area contributed by atoms with Crippen LogP contribution in [0.4, 0.5) is 5.69 Å². The number of Topliss-reactive ketones (excluding diaryl/α,β-unsaturated/α-hetero) is 1. The first-order chi connectivity index (χ1) is 8.72. The number of rotatable bonds is 6. The highest BCUT2D eigenvalue weighted by Crippen LogP contribution is 2.34. The Hall–Kier alpha value is -1.35. The summed E-state index contributed by atoms with van der Waals surface area (Å²) in [6.07, 6.45) is 1.45. The van der Waals surface area contributed by atoms with Crippen LogP contribution in [0.15, 0.2) is 24.3 Å². The molecule has 1 N–H and O–H groups in total. The van der Waals surface area contributed by atoms with Crippen LogP contribution in [0.25, 0.3) is 0 Å². The number of anilines is 1. The molecule has 3 heteroatoms. The van der Waals surface area contributed by atoms with Gasteiger partial charge in [-0.3, -0.25) is 4.79 Å². The predicted molar refractivity (Wildman–Crippen MR) is 73.0 cm³/mol. The normalized spacial score (nSPS) is 19.1. The number of hydrogen-bond donors (Lipinski definition) is 1. The number of para-hydroxylation sites is 1. The molecule has 98 valence electrons. The molecule has 0 saturated carbocycles. The van der Waals surface area contributed by atoms with Crippen molar-refractivity contribution in [2.75, 3.05) is 25.6 Å². The Morgan fingerprint density at radius 3 is 3.06 bits per heavy atom. The lowest BCUT2D eigenvalue weighted by molar-refractivity contribution is -0.123. The molecule has 3 nitrogen and oxygen atoms in total. The van der Waals surface area contributed by atoms with Crippen molar-refractivity contribution in [2.24, 2.45) is 5.92 Å². The van der Waals surface area contributed by atoms with Gasteiger partial charge < -0.3 is 10.1 Å². The summed E-state index contributed by atoms with van der Waals surface area (Å²) in [5.41, 5.74) is 2.46. The topological polar surface area (TPSA) is 38.3 Å². The zero-order chi connectivity index (χ0) is 13.0. The molecule has 1 heterocycles. The first kappa shape index (κ1) is 13.1. The fraction of sp³-hybridized carbons (Fsp3) is 0.533. The molecule has 2 unspecified atom stereocenters. The van der Waals surface area contributed by atoms with E-state index in [4.69, 9.17) is 4.74 Å². The number of nitrogens with one attached hydrogen (secondary N) is 1. The number of carbonyl (C=O) groups excluding carboxylic acids is 1. The lowest BCUT2D eigenvalue weighted by atomic mass is 9.90. The van der Waals surface area contributed by atoms with Crippen LogP contribution in [0.5, 0.6) is 0 Å². The van der Waals surface area contributed by atoms with E-state index in [0.717, 1.165) is 13.0 Å². The van der Waals surface area contributed by atoms with Crippen molar-refractivity contribution in [3.05, 3.63) is 29.8 Å². The fourth-order valence-electron chi connectivity index (χ4n) is 2.44. The predicted octanol–water partition coefficient (Wildman–Crippen LogP) is 2.83. The lowest BCUT2D eigenvalue weighted by Crippen LogP contribution is -2.17. The van der Waals surface area contributed by atoms with Crippen LogP contribution in [-0.4, -0.2) is 26.0 Å². The summed E-state index contributed by atoms with van der Waals surface area (Å²) in [6.45, 7) is 3.53. The highest BCUT2D eigenvalue weighted by Gasteiger charge is 2.25. The van der Waals surface area contributed by atoms with Gasteiger partial charge in [-0.25, -0.2) is 0 Å². The van der Waals surface area contributed by atoms with E-state index in [0.29, 0.717) is 24.7 Å². The molecule has 0 aliphatic carbocycles. The minimum atomic E-state index is 0.0951.